The van der Waals surface area contributed by atoms with Crippen LogP contribution in [-0.4, -0.2) is 49.4 Å². The lowest BCUT2D eigenvalue weighted by molar-refractivity contribution is -0.130. The Morgan fingerprint density at radius 1 is 1.27 bits per heavy atom. The van der Waals surface area contributed by atoms with Gasteiger partial charge >= 0.3 is 0 Å². The molecule has 0 radical (unpaired) electrons. The van der Waals surface area contributed by atoms with Crippen LogP contribution in [0.5, 0.6) is 5.75 Å². The molecule has 3 fully saturated rings. The second-order valence-corrected chi connectivity index (χ2v) is 11.2. The van der Waals surface area contributed by atoms with E-state index in [4.69, 9.17) is 4.74 Å². The van der Waals surface area contributed by atoms with Gasteiger partial charge in [-0.15, -0.1) is 0 Å². The van der Waals surface area contributed by atoms with Gasteiger partial charge in [0.05, 0.1) is 6.61 Å². The van der Waals surface area contributed by atoms with Gasteiger partial charge in [0.15, 0.2) is 0 Å². The van der Waals surface area contributed by atoms with Gasteiger partial charge in [-0.25, -0.2) is 0 Å². The summed E-state index contributed by atoms with van der Waals surface area (Å²) in [5.74, 6) is 2.22. The Hall–Kier alpha value is -1.88. The standard InChI is InChI=1S/C28H40N2O3/c1-18-6-4-13-30(18)14-5-15-33-20-8-10-21-19(16-20)7-9-23-22(21)11-12-28(2)25(31)17-24(26(23)28)27(32)29-3/h8,10,16,18,22-24,26H,4-7,9,11-15,17H2,1-3H3,(H,29,32)/t18-,22-,23-,24?,26-,28-/m1/s1. The first-order valence-corrected chi connectivity index (χ1v) is 13.2. The second-order valence-electron chi connectivity index (χ2n) is 11.2. The van der Waals surface area contributed by atoms with E-state index in [0.717, 1.165) is 57.0 Å². The number of carbonyl (C=O) groups is 2. The first-order chi connectivity index (χ1) is 15.9. The summed E-state index contributed by atoms with van der Waals surface area (Å²) < 4.78 is 6.14. The molecule has 4 aliphatic rings. The highest BCUT2D eigenvalue weighted by Crippen LogP contribution is 2.61. The first kappa shape index (κ1) is 22.9. The Morgan fingerprint density at radius 3 is 2.88 bits per heavy atom. The van der Waals surface area contributed by atoms with Gasteiger partial charge in [-0.1, -0.05) is 13.0 Å². The van der Waals surface area contributed by atoms with Crippen LogP contribution in [0.3, 0.4) is 0 Å². The number of rotatable bonds is 6. The Morgan fingerprint density at radius 2 is 2.12 bits per heavy atom. The first-order valence-electron chi connectivity index (χ1n) is 13.2. The largest absolute Gasteiger partial charge is 0.494 e. The minimum Gasteiger partial charge on any atom is -0.494 e. The van der Waals surface area contributed by atoms with E-state index < -0.39 is 0 Å². The lowest BCUT2D eigenvalue weighted by Crippen LogP contribution is -2.46. The smallest absolute Gasteiger partial charge is 0.223 e. The summed E-state index contributed by atoms with van der Waals surface area (Å²) in [5, 5.41) is 2.83. The highest BCUT2D eigenvalue weighted by Gasteiger charge is 2.60. The quantitative estimate of drug-likeness (QED) is 0.653. The summed E-state index contributed by atoms with van der Waals surface area (Å²) in [4.78, 5) is 28.2. The summed E-state index contributed by atoms with van der Waals surface area (Å²) in [6, 6.07) is 7.40. The Labute approximate surface area is 198 Å². The van der Waals surface area contributed by atoms with Crippen molar-refractivity contribution in [2.75, 3.05) is 26.7 Å². The predicted molar refractivity (Wildman–Crippen MR) is 129 cm³/mol. The molecule has 6 atom stereocenters. The van der Waals surface area contributed by atoms with Crippen molar-refractivity contribution < 1.29 is 14.3 Å². The number of amides is 1. The van der Waals surface area contributed by atoms with Crippen LogP contribution in [0.25, 0.3) is 0 Å². The van der Waals surface area contributed by atoms with Gasteiger partial charge in [0, 0.05) is 37.4 Å². The molecule has 1 aromatic rings. The van der Waals surface area contributed by atoms with Crippen molar-refractivity contribution in [1.29, 1.82) is 0 Å². The molecule has 1 amide bonds. The lowest BCUT2D eigenvalue weighted by atomic mass is 9.54. The van der Waals surface area contributed by atoms with Gasteiger partial charge in [-0.2, -0.15) is 0 Å². The zero-order valence-electron chi connectivity index (χ0n) is 20.6. The number of aryl methyl sites for hydroxylation is 1. The number of benzene rings is 1. The van der Waals surface area contributed by atoms with Gasteiger partial charge in [0.25, 0.3) is 0 Å². The fourth-order valence-corrected chi connectivity index (χ4v) is 7.75. The molecule has 0 spiro atoms. The third-order valence-corrected chi connectivity index (χ3v) is 9.56. The molecule has 1 unspecified atom stereocenters. The molecule has 180 valence electrons. The highest BCUT2D eigenvalue weighted by molar-refractivity contribution is 5.94. The molecule has 5 rings (SSSR count). The molecule has 0 aromatic heterocycles. The fraction of sp³-hybridized carbons (Fsp3) is 0.714. The van der Waals surface area contributed by atoms with Crippen LogP contribution in [0.2, 0.25) is 0 Å². The maximum absolute atomic E-state index is 13.0. The average Bonchev–Trinajstić information content (AvgIpc) is 3.35. The molecule has 1 aromatic carbocycles. The maximum Gasteiger partial charge on any atom is 0.223 e. The third-order valence-electron chi connectivity index (χ3n) is 9.56. The molecule has 1 heterocycles. The van der Waals surface area contributed by atoms with Crippen LogP contribution in [0.1, 0.15) is 75.8 Å². The van der Waals surface area contributed by atoms with Crippen LogP contribution in [0.15, 0.2) is 18.2 Å². The van der Waals surface area contributed by atoms with Gasteiger partial charge < -0.3 is 15.0 Å². The summed E-state index contributed by atoms with van der Waals surface area (Å²) in [7, 11) is 1.70. The minimum absolute atomic E-state index is 0.0515. The monoisotopic (exact) mass is 452 g/mol. The van der Waals surface area contributed by atoms with Crippen LogP contribution < -0.4 is 10.1 Å². The number of fused-ring (bicyclic) bond motifs is 5. The number of ketones is 1. The van der Waals surface area contributed by atoms with Crippen molar-refractivity contribution >= 4 is 11.7 Å². The van der Waals surface area contributed by atoms with Crippen molar-refractivity contribution in [2.45, 2.75) is 77.2 Å². The number of hydrogen-bond donors (Lipinski definition) is 1. The fourth-order valence-electron chi connectivity index (χ4n) is 7.75. The molecule has 1 saturated heterocycles. The van der Waals surface area contributed by atoms with E-state index in [-0.39, 0.29) is 23.2 Å². The Bertz CT molecular complexity index is 914. The molecule has 5 nitrogen and oxygen atoms in total. The number of hydrogen-bond acceptors (Lipinski definition) is 4. The molecule has 1 N–H and O–H groups in total. The normalized spacial score (nSPS) is 35.6. The van der Waals surface area contributed by atoms with E-state index >= 15 is 0 Å². The topological polar surface area (TPSA) is 58.6 Å². The molecule has 5 heteroatoms. The average molecular weight is 453 g/mol. The van der Waals surface area contributed by atoms with Crippen molar-refractivity contribution in [1.82, 2.24) is 10.2 Å². The summed E-state index contributed by atoms with van der Waals surface area (Å²) in [5.41, 5.74) is 2.51. The predicted octanol–water partition coefficient (Wildman–Crippen LogP) is 4.34. The Kier molecular flexibility index (Phi) is 6.28. The van der Waals surface area contributed by atoms with Crippen LogP contribution in [-0.2, 0) is 16.0 Å². The number of Topliss-reactive ketones (excluding diaryl/α,β-unsaturated/α-hetero) is 1. The summed E-state index contributed by atoms with van der Waals surface area (Å²) >= 11 is 0. The van der Waals surface area contributed by atoms with E-state index in [2.05, 4.69) is 42.3 Å². The molecular formula is C28H40N2O3. The third kappa shape index (κ3) is 4.00. The summed E-state index contributed by atoms with van der Waals surface area (Å²) in [6.45, 7) is 7.59. The maximum atomic E-state index is 13.0. The zero-order chi connectivity index (χ0) is 23.2. The molecule has 33 heavy (non-hydrogen) atoms. The molecule has 1 aliphatic heterocycles. The molecule has 0 bridgehead atoms. The van der Waals surface area contributed by atoms with Crippen molar-refractivity contribution in [2.24, 2.45) is 23.2 Å². The van der Waals surface area contributed by atoms with E-state index in [1.54, 1.807) is 7.05 Å². The van der Waals surface area contributed by atoms with Crippen LogP contribution in [0, 0.1) is 23.2 Å². The van der Waals surface area contributed by atoms with E-state index in [9.17, 15) is 9.59 Å². The van der Waals surface area contributed by atoms with Crippen LogP contribution >= 0.6 is 0 Å². The van der Waals surface area contributed by atoms with Crippen molar-refractivity contribution in [3.8, 4) is 5.75 Å². The molecule has 2 saturated carbocycles. The number of likely N-dealkylation sites (tertiary alicyclic amines) is 1. The van der Waals surface area contributed by atoms with Gasteiger partial charge in [0.2, 0.25) is 5.91 Å². The number of carbonyl (C=O) groups excluding carboxylic acids is 2. The second kappa shape index (κ2) is 9.05. The SMILES string of the molecule is CNC(=O)C1CC(=O)[C@@]2(C)CC[C@@H]3c4ccc(OCCCN5CCC[C@H]5C)cc4CC[C@H]3[C@H]12. The van der Waals surface area contributed by atoms with Crippen molar-refractivity contribution in [3.63, 3.8) is 0 Å². The number of nitrogens with zero attached hydrogens (tertiary/aromatic N) is 1. The summed E-state index contributed by atoms with van der Waals surface area (Å²) in [6.07, 6.45) is 8.16. The minimum atomic E-state index is -0.328. The molecule has 3 aliphatic carbocycles. The van der Waals surface area contributed by atoms with Gasteiger partial charge in [-0.05, 0) is 99.4 Å². The van der Waals surface area contributed by atoms with E-state index in [1.165, 1.54) is 30.5 Å². The lowest BCUT2D eigenvalue weighted by Gasteiger charge is -2.49. The van der Waals surface area contributed by atoms with Crippen LogP contribution in [0.4, 0.5) is 0 Å². The zero-order valence-corrected chi connectivity index (χ0v) is 20.6. The number of ether oxygens (including phenoxy) is 1. The van der Waals surface area contributed by atoms with E-state index in [1.807, 2.05) is 0 Å². The number of nitrogens with one attached hydrogen (secondary N) is 1. The van der Waals surface area contributed by atoms with Gasteiger partial charge in [-0.3, -0.25) is 9.59 Å². The Balaban J connectivity index is 1.26. The van der Waals surface area contributed by atoms with E-state index in [0.29, 0.717) is 24.0 Å². The van der Waals surface area contributed by atoms with Gasteiger partial charge in [0.1, 0.15) is 11.5 Å². The molecular weight excluding hydrogens is 412 g/mol. The van der Waals surface area contributed by atoms with Crippen molar-refractivity contribution in [3.05, 3.63) is 29.3 Å². The highest BCUT2D eigenvalue weighted by atomic mass is 16.5.